The van der Waals surface area contributed by atoms with Gasteiger partial charge < -0.3 is 0 Å². The molecular formula is C23H33O9S3-. The van der Waals surface area contributed by atoms with Crippen LogP contribution in [0.2, 0.25) is 0 Å². The molecule has 4 rings (SSSR count). The van der Waals surface area contributed by atoms with Gasteiger partial charge in [-0.2, -0.15) is 0 Å². The minimum absolute atomic E-state index is 0.0319. The zero-order chi connectivity index (χ0) is 26.0. The first-order valence-electron chi connectivity index (χ1n) is 12.2. The van der Waals surface area contributed by atoms with Crippen LogP contribution in [0.3, 0.4) is 0 Å². The minimum atomic E-state index is -4.94. The Kier molecular flexibility index (Phi) is 6.70. The maximum absolute atomic E-state index is 13.9. The van der Waals surface area contributed by atoms with E-state index in [-0.39, 0.29) is 87.5 Å². The fourth-order valence-electron chi connectivity index (χ4n) is 6.73. The Balaban J connectivity index is 1.79. The van der Waals surface area contributed by atoms with E-state index in [4.69, 9.17) is 0 Å². The molecule has 4 fully saturated rings. The highest BCUT2D eigenvalue weighted by Gasteiger charge is 2.65. The van der Waals surface area contributed by atoms with Crippen molar-refractivity contribution < 1.29 is 39.6 Å². The van der Waals surface area contributed by atoms with E-state index in [1.54, 1.807) is 13.8 Å². The summed E-state index contributed by atoms with van der Waals surface area (Å²) in [6.07, 6.45) is 0.273. The number of sulfone groups is 3. The molecule has 0 amide bonds. The molecule has 0 N–H and O–H groups in total. The largest absolute Gasteiger partial charge is 0.300 e. The Hall–Kier alpha value is -1.14. The fourth-order valence-corrected chi connectivity index (χ4v) is 16.5. The summed E-state index contributed by atoms with van der Waals surface area (Å²) in [5.41, 5.74) is -2.04. The summed E-state index contributed by atoms with van der Waals surface area (Å²) in [6, 6.07) is 0. The number of rotatable bonds is 7. The van der Waals surface area contributed by atoms with Crippen molar-refractivity contribution in [2.45, 2.75) is 95.0 Å². The van der Waals surface area contributed by atoms with Crippen LogP contribution >= 0.6 is 0 Å². The van der Waals surface area contributed by atoms with Crippen LogP contribution in [0.25, 0.3) is 0 Å². The second kappa shape index (κ2) is 8.72. The Morgan fingerprint density at radius 2 is 1.17 bits per heavy atom. The van der Waals surface area contributed by atoms with Crippen molar-refractivity contribution in [1.29, 1.82) is 0 Å². The second-order valence-electron chi connectivity index (χ2n) is 11.2. The highest BCUT2D eigenvalue weighted by molar-refractivity contribution is 8.29. The van der Waals surface area contributed by atoms with Crippen molar-refractivity contribution in [3.63, 3.8) is 0 Å². The van der Waals surface area contributed by atoms with E-state index in [9.17, 15) is 39.6 Å². The third-order valence-electron chi connectivity index (χ3n) is 9.15. The summed E-state index contributed by atoms with van der Waals surface area (Å²) in [5, 5.41) is -2.60. The molecule has 2 bridgehead atoms. The molecule has 0 heterocycles. The first kappa shape index (κ1) is 26.9. The second-order valence-corrected chi connectivity index (χ2v) is 18.3. The van der Waals surface area contributed by atoms with Crippen LogP contribution < -0.4 is 0 Å². The highest BCUT2D eigenvalue weighted by Crippen LogP contribution is 2.64. The molecule has 4 aliphatic rings. The fraction of sp³-hybridized carbons (Fsp3) is 0.826. The minimum Gasteiger partial charge on any atom is -0.300 e. The Bertz CT molecular complexity index is 1180. The first-order chi connectivity index (χ1) is 16.1. The number of carbonyl (C=O) groups excluding carboxylic acids is 3. The van der Waals surface area contributed by atoms with Crippen LogP contribution in [0.4, 0.5) is 0 Å². The van der Waals surface area contributed by atoms with Crippen LogP contribution in [0.1, 0.15) is 84.5 Å². The predicted octanol–water partition coefficient (Wildman–Crippen LogP) is 2.10. The average molecular weight is 550 g/mol. The van der Waals surface area contributed by atoms with Gasteiger partial charge in [-0.05, 0) is 49.9 Å². The van der Waals surface area contributed by atoms with Gasteiger partial charge in [0.15, 0.2) is 0 Å². The molecule has 2 atom stereocenters. The summed E-state index contributed by atoms with van der Waals surface area (Å²) in [4.78, 5) is 36.4. The van der Waals surface area contributed by atoms with E-state index in [2.05, 4.69) is 0 Å². The molecule has 35 heavy (non-hydrogen) atoms. The Labute approximate surface area is 207 Å². The van der Waals surface area contributed by atoms with Crippen molar-refractivity contribution in [3.05, 3.63) is 3.91 Å². The SMILES string of the molecule is CC1(C)C2CCC1(CS(=O)(=O)[C-](S(=O)(=O)C1CCC(=O)CC1)S(=O)(=O)C1CCC(=O)CC1)C(=O)C2. The van der Waals surface area contributed by atoms with Crippen LogP contribution in [0, 0.1) is 20.7 Å². The van der Waals surface area contributed by atoms with E-state index in [0.29, 0.717) is 6.42 Å². The van der Waals surface area contributed by atoms with Crippen LogP contribution in [0.15, 0.2) is 0 Å². The summed E-state index contributed by atoms with van der Waals surface area (Å²) >= 11 is 0. The maximum atomic E-state index is 13.9. The van der Waals surface area contributed by atoms with Gasteiger partial charge in [-0.25, -0.2) is 0 Å². The lowest BCUT2D eigenvalue weighted by atomic mass is 9.70. The molecule has 0 radical (unpaired) electrons. The van der Waals surface area contributed by atoms with Gasteiger partial charge in [-0.3, -0.25) is 39.6 Å². The third-order valence-corrected chi connectivity index (χ3v) is 18.5. The number of hydrogen-bond donors (Lipinski definition) is 0. The molecule has 0 spiro atoms. The molecular weight excluding hydrogens is 516 g/mol. The van der Waals surface area contributed by atoms with Gasteiger partial charge >= 0.3 is 0 Å². The van der Waals surface area contributed by atoms with Gasteiger partial charge in [0, 0.05) is 57.7 Å². The van der Waals surface area contributed by atoms with Gasteiger partial charge in [-0.15, -0.1) is 0 Å². The van der Waals surface area contributed by atoms with E-state index < -0.39 is 60.5 Å². The van der Waals surface area contributed by atoms with E-state index >= 15 is 0 Å². The molecule has 0 aliphatic heterocycles. The lowest BCUT2D eigenvalue weighted by Crippen LogP contribution is -2.48. The number of ketones is 3. The lowest BCUT2D eigenvalue weighted by molar-refractivity contribution is -0.128. The molecule has 0 aromatic carbocycles. The van der Waals surface area contributed by atoms with E-state index in [1.165, 1.54) is 0 Å². The molecule has 0 saturated heterocycles. The molecule has 12 heteroatoms. The monoisotopic (exact) mass is 549 g/mol. The molecule has 4 aliphatic carbocycles. The van der Waals surface area contributed by atoms with Crippen LogP contribution in [-0.4, -0.2) is 58.9 Å². The summed E-state index contributed by atoms with van der Waals surface area (Å²) in [5.74, 6) is -1.45. The van der Waals surface area contributed by atoms with Crippen molar-refractivity contribution >= 4 is 46.9 Å². The molecule has 0 aromatic rings. The van der Waals surface area contributed by atoms with Crippen LogP contribution in [-0.2, 0) is 43.9 Å². The van der Waals surface area contributed by atoms with Crippen molar-refractivity contribution in [1.82, 2.24) is 0 Å². The standard InChI is InChI=1S/C23H33O9S3/c1-22(2)15-11-12-23(22,20(26)13-15)14-33(27,28)21(34(29,30)18-7-3-16(24)4-8-18)35(31,32)19-9-5-17(25)6-10-19/h15,18-19H,3-14H2,1-2H3/q-1. The van der Waals surface area contributed by atoms with Crippen molar-refractivity contribution in [2.75, 3.05) is 5.75 Å². The van der Waals surface area contributed by atoms with Crippen LogP contribution in [0.5, 0.6) is 0 Å². The summed E-state index contributed by atoms with van der Waals surface area (Å²) in [7, 11) is -14.6. The van der Waals surface area contributed by atoms with Gasteiger partial charge in [-0.1, -0.05) is 13.8 Å². The van der Waals surface area contributed by atoms with Crippen molar-refractivity contribution in [2.24, 2.45) is 16.7 Å². The van der Waals surface area contributed by atoms with Gasteiger partial charge in [0.1, 0.15) is 17.3 Å². The Morgan fingerprint density at radius 3 is 1.51 bits per heavy atom. The Morgan fingerprint density at radius 1 is 0.743 bits per heavy atom. The topological polar surface area (TPSA) is 154 Å². The van der Waals surface area contributed by atoms with E-state index in [0.717, 1.165) is 0 Å². The number of hydrogen-bond acceptors (Lipinski definition) is 9. The molecule has 4 saturated carbocycles. The number of fused-ring (bicyclic) bond motifs is 2. The average Bonchev–Trinajstić information content (AvgIpc) is 3.07. The van der Waals surface area contributed by atoms with Gasteiger partial charge in [0.25, 0.3) is 0 Å². The zero-order valence-corrected chi connectivity index (χ0v) is 22.6. The molecule has 2 unspecified atom stereocenters. The first-order valence-corrected chi connectivity index (χ1v) is 16.9. The van der Waals surface area contributed by atoms with Gasteiger partial charge in [0.2, 0.25) is 0 Å². The third kappa shape index (κ3) is 4.24. The summed E-state index contributed by atoms with van der Waals surface area (Å²) in [6.45, 7) is 3.60. The summed E-state index contributed by atoms with van der Waals surface area (Å²) < 4.78 is 81.4. The lowest BCUT2D eigenvalue weighted by Gasteiger charge is -2.42. The molecule has 0 aromatic heterocycles. The molecule has 198 valence electrons. The molecule has 9 nitrogen and oxygen atoms in total. The number of carbonyl (C=O) groups is 3. The predicted molar refractivity (Wildman–Crippen MR) is 128 cm³/mol. The normalized spacial score (nSPS) is 30.9. The highest BCUT2D eigenvalue weighted by atomic mass is 32.3. The van der Waals surface area contributed by atoms with E-state index in [1.807, 2.05) is 0 Å². The quantitative estimate of drug-likeness (QED) is 0.434. The zero-order valence-electron chi connectivity index (χ0n) is 20.1. The van der Waals surface area contributed by atoms with Gasteiger partial charge in [0.05, 0.1) is 29.5 Å². The maximum Gasteiger partial charge on any atom is 0.140 e. The smallest absolute Gasteiger partial charge is 0.140 e. The number of Topliss-reactive ketones (excluding diaryl/α,β-unsaturated/α-hetero) is 3. The van der Waals surface area contributed by atoms with Crippen molar-refractivity contribution in [3.8, 4) is 0 Å².